The minimum Gasteiger partial charge on any atom is -0.262 e. The van der Waals surface area contributed by atoms with Crippen molar-refractivity contribution in [1.29, 1.82) is 0 Å². The Kier molecular flexibility index (Phi) is 6.73. The third-order valence-corrected chi connectivity index (χ3v) is 9.74. The summed E-state index contributed by atoms with van der Waals surface area (Å²) in [6, 6.07) is 36.1. The van der Waals surface area contributed by atoms with Crippen LogP contribution < -0.4 is 0 Å². The van der Waals surface area contributed by atoms with Crippen molar-refractivity contribution in [2.24, 2.45) is 0 Å². The first kappa shape index (κ1) is 25.9. The normalized spacial score (nSPS) is 14.0. The first-order valence-corrected chi connectivity index (χ1v) is 15.9. The maximum absolute atomic E-state index is 5.09. The Morgan fingerprint density at radius 3 is 1.86 bits per heavy atom. The summed E-state index contributed by atoms with van der Waals surface area (Å²) in [6.45, 7) is 0. The highest BCUT2D eigenvalue weighted by atomic mass is 32.1. The number of benzene rings is 4. The van der Waals surface area contributed by atoms with Crippen molar-refractivity contribution < 1.29 is 0 Å². The van der Waals surface area contributed by atoms with Gasteiger partial charge < -0.3 is 0 Å². The molecule has 0 atom stereocenters. The lowest BCUT2D eigenvalue weighted by molar-refractivity contribution is 0.444. The fourth-order valence-corrected chi connectivity index (χ4v) is 7.47. The lowest BCUT2D eigenvalue weighted by Crippen LogP contribution is -2.04. The molecule has 0 bridgehead atoms. The molecule has 0 unspecified atom stereocenters. The van der Waals surface area contributed by atoms with Gasteiger partial charge in [-0.25, -0.2) is 15.0 Å². The molecule has 0 amide bonds. The molecule has 0 N–H and O–H groups in total. The highest BCUT2D eigenvalue weighted by Crippen LogP contribution is 2.42. The minimum atomic E-state index is 0.644. The van der Waals surface area contributed by atoms with E-state index in [2.05, 4.69) is 83.8 Å². The third-order valence-electron chi connectivity index (χ3n) is 8.64. The Morgan fingerprint density at radius 2 is 1.14 bits per heavy atom. The van der Waals surface area contributed by atoms with E-state index in [1.165, 1.54) is 58.7 Å². The molecule has 1 saturated carbocycles. The smallest absolute Gasteiger partial charge is 0.166 e. The average molecular weight is 575 g/mol. The van der Waals surface area contributed by atoms with Gasteiger partial charge in [-0.15, -0.1) is 11.3 Å². The Bertz CT molecular complexity index is 2040. The lowest BCUT2D eigenvalue weighted by Gasteiger charge is -2.22. The van der Waals surface area contributed by atoms with Crippen LogP contribution in [-0.2, 0) is 0 Å². The zero-order valence-electron chi connectivity index (χ0n) is 23.8. The molecule has 0 radical (unpaired) electrons. The van der Waals surface area contributed by atoms with Gasteiger partial charge in [0.05, 0.1) is 4.70 Å². The zero-order chi connectivity index (χ0) is 28.6. The first-order valence-electron chi connectivity index (χ1n) is 15.1. The molecule has 0 saturated heterocycles. The molecular weight excluding hydrogens is 545 g/mol. The van der Waals surface area contributed by atoms with Crippen molar-refractivity contribution in [3.8, 4) is 45.3 Å². The van der Waals surface area contributed by atoms with Gasteiger partial charge in [0.15, 0.2) is 17.5 Å². The molecule has 0 spiro atoms. The van der Waals surface area contributed by atoms with Crippen molar-refractivity contribution in [3.63, 3.8) is 0 Å². The molecule has 7 aromatic rings. The van der Waals surface area contributed by atoms with E-state index < -0.39 is 0 Å². The van der Waals surface area contributed by atoms with Gasteiger partial charge in [0, 0.05) is 44.6 Å². The number of pyridine rings is 1. The van der Waals surface area contributed by atoms with Gasteiger partial charge in [-0.05, 0) is 47.6 Å². The third kappa shape index (κ3) is 5.00. The fraction of sp³-hybridized carbons (Fsp3) is 0.158. The fourth-order valence-electron chi connectivity index (χ4n) is 6.39. The predicted octanol–water partition coefficient (Wildman–Crippen LogP) is 10.4. The van der Waals surface area contributed by atoms with E-state index >= 15 is 0 Å². The number of thiophene rings is 1. The molecule has 4 nitrogen and oxygen atoms in total. The SMILES string of the molecule is c1ccc(-c2ccc(-c3nc(-c4ccccc4)nc(-c4cncc5sc6ccc(C7CCCCC7)cc6c45)n3)cc2)cc1. The lowest BCUT2D eigenvalue weighted by atomic mass is 9.84. The number of fused-ring (bicyclic) bond motifs is 3. The average Bonchev–Trinajstić information content (AvgIpc) is 3.47. The molecule has 8 rings (SSSR count). The van der Waals surface area contributed by atoms with Crippen molar-refractivity contribution in [2.45, 2.75) is 38.0 Å². The van der Waals surface area contributed by atoms with E-state index in [0.717, 1.165) is 27.0 Å². The molecule has 1 fully saturated rings. The van der Waals surface area contributed by atoms with Crippen LogP contribution in [0.2, 0.25) is 0 Å². The summed E-state index contributed by atoms with van der Waals surface area (Å²) < 4.78 is 2.43. The summed E-state index contributed by atoms with van der Waals surface area (Å²) in [5.41, 5.74) is 6.67. The molecule has 5 heteroatoms. The molecule has 1 aliphatic carbocycles. The van der Waals surface area contributed by atoms with Gasteiger partial charge in [-0.1, -0.05) is 110 Å². The predicted molar refractivity (Wildman–Crippen MR) is 178 cm³/mol. The van der Waals surface area contributed by atoms with Gasteiger partial charge in [0.1, 0.15) is 0 Å². The maximum atomic E-state index is 5.09. The van der Waals surface area contributed by atoms with Crippen LogP contribution in [0.5, 0.6) is 0 Å². The van der Waals surface area contributed by atoms with E-state index in [4.69, 9.17) is 15.0 Å². The maximum Gasteiger partial charge on any atom is 0.166 e. The van der Waals surface area contributed by atoms with Crippen LogP contribution in [0.15, 0.2) is 116 Å². The van der Waals surface area contributed by atoms with Crippen molar-refractivity contribution in [2.75, 3.05) is 0 Å². The van der Waals surface area contributed by atoms with Gasteiger partial charge in [-0.2, -0.15) is 0 Å². The van der Waals surface area contributed by atoms with Crippen LogP contribution in [0.3, 0.4) is 0 Å². The molecule has 3 heterocycles. The second kappa shape index (κ2) is 11.2. The van der Waals surface area contributed by atoms with Gasteiger partial charge >= 0.3 is 0 Å². The summed E-state index contributed by atoms with van der Waals surface area (Å²) in [6.07, 6.45) is 10.5. The van der Waals surface area contributed by atoms with Crippen LogP contribution in [0.1, 0.15) is 43.6 Å². The number of hydrogen-bond acceptors (Lipinski definition) is 5. The molecule has 0 aliphatic heterocycles. The van der Waals surface area contributed by atoms with Crippen LogP contribution in [-0.4, -0.2) is 19.9 Å². The largest absolute Gasteiger partial charge is 0.262 e. The van der Waals surface area contributed by atoms with Crippen LogP contribution in [0.25, 0.3) is 65.5 Å². The van der Waals surface area contributed by atoms with E-state index in [-0.39, 0.29) is 0 Å². The van der Waals surface area contributed by atoms with Gasteiger partial charge in [0.2, 0.25) is 0 Å². The Labute approximate surface area is 255 Å². The van der Waals surface area contributed by atoms with Crippen molar-refractivity contribution in [3.05, 3.63) is 121 Å². The molecule has 4 aromatic carbocycles. The monoisotopic (exact) mass is 574 g/mol. The highest BCUT2D eigenvalue weighted by Gasteiger charge is 2.20. The van der Waals surface area contributed by atoms with Crippen molar-refractivity contribution in [1.82, 2.24) is 19.9 Å². The van der Waals surface area contributed by atoms with Gasteiger partial charge in [-0.3, -0.25) is 4.98 Å². The second-order valence-electron chi connectivity index (χ2n) is 11.4. The Balaban J connectivity index is 1.29. The summed E-state index contributed by atoms with van der Waals surface area (Å²) >= 11 is 1.79. The van der Waals surface area contributed by atoms with Crippen molar-refractivity contribution >= 4 is 31.5 Å². The number of aromatic nitrogens is 4. The molecule has 1 aliphatic rings. The van der Waals surface area contributed by atoms with E-state index in [1.807, 2.05) is 36.7 Å². The first-order chi connectivity index (χ1) is 21.3. The van der Waals surface area contributed by atoms with Gasteiger partial charge in [0.25, 0.3) is 0 Å². The number of nitrogens with zero attached hydrogens (tertiary/aromatic N) is 4. The molecule has 3 aromatic heterocycles. The Hall–Kier alpha value is -4.74. The summed E-state index contributed by atoms with van der Waals surface area (Å²) in [5.74, 6) is 2.61. The quantitative estimate of drug-likeness (QED) is 0.205. The standard InChI is InChI=1S/C38H30N4S/c1-4-10-25(11-5-1)27-16-18-29(19-17-27)37-40-36(28-14-8-3-9-15-28)41-38(42-37)32-23-39-24-34-35(32)31-22-30(20-21-33(31)43-34)26-12-6-2-7-13-26/h1,3-5,8-11,14-24,26H,2,6-7,12-13H2. The number of hydrogen-bond donors (Lipinski definition) is 0. The summed E-state index contributed by atoms with van der Waals surface area (Å²) in [4.78, 5) is 19.8. The van der Waals surface area contributed by atoms with Crippen LogP contribution in [0, 0.1) is 0 Å². The summed E-state index contributed by atoms with van der Waals surface area (Å²) in [7, 11) is 0. The summed E-state index contributed by atoms with van der Waals surface area (Å²) in [5, 5.41) is 2.46. The van der Waals surface area contributed by atoms with Crippen LogP contribution in [0.4, 0.5) is 0 Å². The topological polar surface area (TPSA) is 51.6 Å². The molecular formula is C38H30N4S. The van der Waals surface area contributed by atoms with E-state index in [9.17, 15) is 0 Å². The highest BCUT2D eigenvalue weighted by molar-refractivity contribution is 7.25. The second-order valence-corrected chi connectivity index (χ2v) is 12.5. The van der Waals surface area contributed by atoms with E-state index in [1.54, 1.807) is 11.3 Å². The van der Waals surface area contributed by atoms with E-state index in [0.29, 0.717) is 23.4 Å². The minimum absolute atomic E-state index is 0.644. The number of rotatable bonds is 5. The zero-order valence-corrected chi connectivity index (χ0v) is 24.6. The molecule has 43 heavy (non-hydrogen) atoms. The Morgan fingerprint density at radius 1 is 0.535 bits per heavy atom. The van der Waals surface area contributed by atoms with Crippen LogP contribution >= 0.6 is 11.3 Å². The molecule has 208 valence electrons.